The Morgan fingerprint density at radius 1 is 1.47 bits per heavy atom. The van der Waals surface area contributed by atoms with E-state index < -0.39 is 0 Å². The van der Waals surface area contributed by atoms with Crippen molar-refractivity contribution in [2.75, 3.05) is 0 Å². The van der Waals surface area contributed by atoms with Crippen LogP contribution >= 0.6 is 0 Å². The van der Waals surface area contributed by atoms with E-state index in [1.165, 1.54) is 32.1 Å². The van der Waals surface area contributed by atoms with E-state index in [1.807, 2.05) is 13.2 Å². The molecule has 1 atom stereocenters. The first kappa shape index (κ1) is 10.6. The van der Waals surface area contributed by atoms with Gasteiger partial charge in [0, 0.05) is 25.7 Å². The second kappa shape index (κ2) is 4.75. The topological polar surface area (TPSA) is 56.7 Å². The van der Waals surface area contributed by atoms with Gasteiger partial charge in [-0.2, -0.15) is 0 Å². The Morgan fingerprint density at radius 2 is 2.20 bits per heavy atom. The highest BCUT2D eigenvalue weighted by atomic mass is 15.4. The van der Waals surface area contributed by atoms with Crippen LogP contribution in [0, 0.1) is 5.92 Å². The highest BCUT2D eigenvalue weighted by Crippen LogP contribution is 2.26. The number of hydrogen-bond acceptors (Lipinski definition) is 3. The molecule has 0 aliphatic heterocycles. The molecule has 0 bridgehead atoms. The third kappa shape index (κ3) is 2.78. The molecule has 1 aromatic rings. The van der Waals surface area contributed by atoms with Crippen LogP contribution in [0.4, 0.5) is 0 Å². The normalized spacial score (nSPS) is 20.4. The van der Waals surface area contributed by atoms with Crippen molar-refractivity contribution in [2.24, 2.45) is 18.7 Å². The molecular formula is C11H20N4. The number of aromatic nitrogens is 3. The van der Waals surface area contributed by atoms with Crippen molar-refractivity contribution in [2.45, 2.75) is 44.6 Å². The third-order valence-corrected chi connectivity index (χ3v) is 3.35. The number of nitrogens with zero attached hydrogens (tertiary/aromatic N) is 3. The lowest BCUT2D eigenvalue weighted by Gasteiger charge is -2.26. The Morgan fingerprint density at radius 3 is 2.80 bits per heavy atom. The maximum Gasteiger partial charge on any atom is 0.0842 e. The standard InChI is InChI=1S/C11H20N4/c1-15-8-10(13-14-15)7-11(12)9-5-3-2-4-6-9/h8-9,11H,2-7,12H2,1H3. The summed E-state index contributed by atoms with van der Waals surface area (Å²) in [7, 11) is 1.89. The van der Waals surface area contributed by atoms with Crippen LogP contribution in [0.5, 0.6) is 0 Å². The van der Waals surface area contributed by atoms with Crippen LogP contribution in [0.1, 0.15) is 37.8 Å². The summed E-state index contributed by atoms with van der Waals surface area (Å²) < 4.78 is 1.74. The zero-order valence-corrected chi connectivity index (χ0v) is 9.39. The van der Waals surface area contributed by atoms with Gasteiger partial charge in [-0.15, -0.1) is 5.10 Å². The second-order valence-electron chi connectivity index (χ2n) is 4.65. The van der Waals surface area contributed by atoms with Crippen molar-refractivity contribution in [1.82, 2.24) is 15.0 Å². The van der Waals surface area contributed by atoms with E-state index in [9.17, 15) is 0 Å². The van der Waals surface area contributed by atoms with Gasteiger partial charge in [0.2, 0.25) is 0 Å². The molecule has 1 aliphatic carbocycles. The molecule has 0 radical (unpaired) electrons. The van der Waals surface area contributed by atoms with Gasteiger partial charge in [0.25, 0.3) is 0 Å². The molecule has 0 aromatic carbocycles. The van der Waals surface area contributed by atoms with Crippen molar-refractivity contribution < 1.29 is 0 Å². The summed E-state index contributed by atoms with van der Waals surface area (Å²) in [5.41, 5.74) is 7.24. The van der Waals surface area contributed by atoms with Gasteiger partial charge in [-0.1, -0.05) is 24.5 Å². The number of hydrogen-bond donors (Lipinski definition) is 1. The van der Waals surface area contributed by atoms with Crippen molar-refractivity contribution in [3.8, 4) is 0 Å². The average molecular weight is 208 g/mol. The van der Waals surface area contributed by atoms with Crippen LogP contribution in [0.3, 0.4) is 0 Å². The molecule has 0 saturated heterocycles. The van der Waals surface area contributed by atoms with E-state index in [0.717, 1.165) is 12.1 Å². The minimum absolute atomic E-state index is 0.266. The van der Waals surface area contributed by atoms with Crippen molar-refractivity contribution in [1.29, 1.82) is 0 Å². The molecule has 15 heavy (non-hydrogen) atoms. The fourth-order valence-electron chi connectivity index (χ4n) is 2.46. The van der Waals surface area contributed by atoms with Crippen LogP contribution in [-0.4, -0.2) is 21.0 Å². The van der Waals surface area contributed by atoms with E-state index in [1.54, 1.807) is 4.68 Å². The molecule has 84 valence electrons. The van der Waals surface area contributed by atoms with Gasteiger partial charge < -0.3 is 5.73 Å². The minimum Gasteiger partial charge on any atom is -0.327 e. The highest BCUT2D eigenvalue weighted by molar-refractivity contribution is 4.96. The molecule has 1 fully saturated rings. The Hall–Kier alpha value is -0.900. The summed E-state index contributed by atoms with van der Waals surface area (Å²) in [6.45, 7) is 0. The fourth-order valence-corrected chi connectivity index (χ4v) is 2.46. The summed E-state index contributed by atoms with van der Waals surface area (Å²) >= 11 is 0. The van der Waals surface area contributed by atoms with Crippen molar-refractivity contribution >= 4 is 0 Å². The lowest BCUT2D eigenvalue weighted by Crippen LogP contribution is -2.33. The molecule has 1 heterocycles. The van der Waals surface area contributed by atoms with Crippen LogP contribution in [0.2, 0.25) is 0 Å². The van der Waals surface area contributed by atoms with Crippen LogP contribution in [0.15, 0.2) is 6.20 Å². The quantitative estimate of drug-likeness (QED) is 0.813. The Bertz CT molecular complexity index is 301. The summed E-state index contributed by atoms with van der Waals surface area (Å²) in [6, 6.07) is 0.266. The molecule has 1 unspecified atom stereocenters. The Balaban J connectivity index is 1.88. The van der Waals surface area contributed by atoms with E-state index in [2.05, 4.69) is 10.3 Å². The summed E-state index contributed by atoms with van der Waals surface area (Å²) in [5, 5.41) is 8.01. The number of nitrogens with two attached hydrogens (primary N) is 1. The largest absolute Gasteiger partial charge is 0.327 e. The first-order valence-corrected chi connectivity index (χ1v) is 5.86. The molecule has 0 amide bonds. The van der Waals surface area contributed by atoms with E-state index in [4.69, 9.17) is 5.73 Å². The molecule has 1 aromatic heterocycles. The molecule has 4 heteroatoms. The molecule has 4 nitrogen and oxygen atoms in total. The predicted octanol–water partition coefficient (Wildman–Crippen LogP) is 1.27. The highest BCUT2D eigenvalue weighted by Gasteiger charge is 2.21. The monoisotopic (exact) mass is 208 g/mol. The smallest absolute Gasteiger partial charge is 0.0842 e. The summed E-state index contributed by atoms with van der Waals surface area (Å²) in [5.74, 6) is 0.695. The lowest BCUT2D eigenvalue weighted by atomic mass is 9.83. The van der Waals surface area contributed by atoms with Crippen molar-refractivity contribution in [3.63, 3.8) is 0 Å². The Kier molecular flexibility index (Phi) is 3.36. The lowest BCUT2D eigenvalue weighted by molar-refractivity contribution is 0.302. The van der Waals surface area contributed by atoms with Crippen LogP contribution < -0.4 is 5.73 Å². The molecule has 2 rings (SSSR count). The minimum atomic E-state index is 0.266. The number of aryl methyl sites for hydroxylation is 1. The summed E-state index contributed by atoms with van der Waals surface area (Å²) in [4.78, 5) is 0. The van der Waals surface area contributed by atoms with Gasteiger partial charge in [-0.3, -0.25) is 4.68 Å². The van der Waals surface area contributed by atoms with Gasteiger partial charge in [0.05, 0.1) is 5.69 Å². The zero-order valence-electron chi connectivity index (χ0n) is 9.39. The van der Waals surface area contributed by atoms with E-state index >= 15 is 0 Å². The predicted molar refractivity (Wildman–Crippen MR) is 59.3 cm³/mol. The summed E-state index contributed by atoms with van der Waals surface area (Å²) in [6.07, 6.45) is 9.50. The van der Waals surface area contributed by atoms with E-state index in [0.29, 0.717) is 5.92 Å². The first-order valence-electron chi connectivity index (χ1n) is 5.86. The third-order valence-electron chi connectivity index (χ3n) is 3.35. The molecule has 2 N–H and O–H groups in total. The molecular weight excluding hydrogens is 188 g/mol. The van der Waals surface area contributed by atoms with Crippen LogP contribution in [-0.2, 0) is 13.5 Å². The van der Waals surface area contributed by atoms with Gasteiger partial charge >= 0.3 is 0 Å². The molecule has 1 aliphatic rings. The second-order valence-corrected chi connectivity index (χ2v) is 4.65. The van der Waals surface area contributed by atoms with Gasteiger partial charge in [-0.25, -0.2) is 0 Å². The average Bonchev–Trinajstić information content (AvgIpc) is 2.65. The van der Waals surface area contributed by atoms with Gasteiger partial charge in [0.1, 0.15) is 0 Å². The molecule has 1 saturated carbocycles. The maximum absolute atomic E-state index is 6.21. The fraction of sp³-hybridized carbons (Fsp3) is 0.818. The van der Waals surface area contributed by atoms with Crippen molar-refractivity contribution in [3.05, 3.63) is 11.9 Å². The maximum atomic E-state index is 6.21. The first-order chi connectivity index (χ1) is 7.25. The molecule has 0 spiro atoms. The van der Waals surface area contributed by atoms with Crippen LogP contribution in [0.25, 0.3) is 0 Å². The van der Waals surface area contributed by atoms with Gasteiger partial charge in [-0.05, 0) is 18.8 Å². The zero-order chi connectivity index (χ0) is 10.7. The SMILES string of the molecule is Cn1cc(CC(N)C2CCCCC2)nn1. The number of rotatable bonds is 3. The van der Waals surface area contributed by atoms with Gasteiger partial charge in [0.15, 0.2) is 0 Å². The Labute approximate surface area is 90.8 Å². The van der Waals surface area contributed by atoms with E-state index in [-0.39, 0.29) is 6.04 Å².